The van der Waals surface area contributed by atoms with Gasteiger partial charge in [-0.3, -0.25) is 4.79 Å². The zero-order chi connectivity index (χ0) is 13.1. The summed E-state index contributed by atoms with van der Waals surface area (Å²) in [6.07, 6.45) is -0.862. The molecule has 2 N–H and O–H groups in total. The molecule has 1 unspecified atom stereocenters. The molecule has 0 spiro atoms. The molecule has 0 amide bonds. The van der Waals surface area contributed by atoms with Crippen molar-refractivity contribution in [1.29, 1.82) is 0 Å². The van der Waals surface area contributed by atoms with E-state index < -0.39 is 27.7 Å². The smallest absolute Gasteiger partial charge is 0.307 e. The van der Waals surface area contributed by atoms with E-state index in [0.29, 0.717) is 5.75 Å². The lowest BCUT2D eigenvalue weighted by Crippen LogP contribution is -2.24. The van der Waals surface area contributed by atoms with Crippen LogP contribution in [0.2, 0.25) is 0 Å². The fraction of sp³-hybridized carbons (Fsp3) is 0.300. The highest BCUT2D eigenvalue weighted by molar-refractivity contribution is 7.91. The SMILES string of the molecule is COc1cccc(S(=O)(=O)C(O)CC(=O)O)c1. The van der Waals surface area contributed by atoms with Gasteiger partial charge in [0.25, 0.3) is 0 Å². The summed E-state index contributed by atoms with van der Waals surface area (Å²) in [5.74, 6) is -1.07. The molecule has 1 atom stereocenters. The number of methoxy groups -OCH3 is 1. The first-order chi connectivity index (χ1) is 7.87. The van der Waals surface area contributed by atoms with Gasteiger partial charge in [0.15, 0.2) is 5.44 Å². The van der Waals surface area contributed by atoms with Crippen molar-refractivity contribution in [2.45, 2.75) is 16.8 Å². The molecule has 1 aromatic rings. The molecule has 1 aromatic carbocycles. The highest BCUT2D eigenvalue weighted by Gasteiger charge is 2.27. The Balaban J connectivity index is 3.08. The molecular formula is C10H12O6S. The number of ether oxygens (including phenoxy) is 1. The molecule has 0 heterocycles. The van der Waals surface area contributed by atoms with E-state index in [1.54, 1.807) is 6.07 Å². The van der Waals surface area contributed by atoms with Gasteiger partial charge in [0.1, 0.15) is 5.75 Å². The van der Waals surface area contributed by atoms with Crippen molar-refractivity contribution in [3.05, 3.63) is 24.3 Å². The van der Waals surface area contributed by atoms with E-state index in [4.69, 9.17) is 9.84 Å². The van der Waals surface area contributed by atoms with Crippen LogP contribution in [0.4, 0.5) is 0 Å². The number of hydrogen-bond donors (Lipinski definition) is 2. The molecule has 0 aliphatic heterocycles. The van der Waals surface area contributed by atoms with E-state index in [0.717, 1.165) is 0 Å². The fourth-order valence-corrected chi connectivity index (χ4v) is 2.42. The molecule has 0 saturated heterocycles. The highest BCUT2D eigenvalue weighted by Crippen LogP contribution is 2.21. The van der Waals surface area contributed by atoms with E-state index in [-0.39, 0.29) is 4.90 Å². The van der Waals surface area contributed by atoms with Crippen molar-refractivity contribution < 1.29 is 28.2 Å². The summed E-state index contributed by atoms with van der Waals surface area (Å²) in [6.45, 7) is 0. The maximum Gasteiger partial charge on any atom is 0.307 e. The van der Waals surface area contributed by atoms with E-state index in [1.165, 1.54) is 25.3 Å². The summed E-state index contributed by atoms with van der Waals surface area (Å²) in [7, 11) is -2.70. The molecule has 0 aromatic heterocycles. The van der Waals surface area contributed by atoms with E-state index in [9.17, 15) is 18.3 Å². The van der Waals surface area contributed by atoms with Crippen LogP contribution in [0.3, 0.4) is 0 Å². The standard InChI is InChI=1S/C10H12O6S/c1-16-7-3-2-4-8(5-7)17(14,15)10(13)6-9(11)12/h2-5,10,13H,6H2,1H3,(H,11,12). The lowest BCUT2D eigenvalue weighted by molar-refractivity contribution is -0.138. The Morgan fingerprint density at radius 2 is 2.12 bits per heavy atom. The number of aliphatic hydroxyl groups is 1. The van der Waals surface area contributed by atoms with Crippen LogP contribution in [0.15, 0.2) is 29.2 Å². The van der Waals surface area contributed by atoms with Crippen LogP contribution < -0.4 is 4.74 Å². The minimum Gasteiger partial charge on any atom is -0.497 e. The first kappa shape index (κ1) is 13.5. The van der Waals surface area contributed by atoms with E-state index in [2.05, 4.69) is 0 Å². The Labute approximate surface area is 98.4 Å². The Morgan fingerprint density at radius 1 is 1.47 bits per heavy atom. The van der Waals surface area contributed by atoms with Gasteiger partial charge in [-0.25, -0.2) is 8.42 Å². The molecule has 0 aliphatic carbocycles. The number of carboxylic acids is 1. The Kier molecular flexibility index (Phi) is 4.08. The van der Waals surface area contributed by atoms with Crippen LogP contribution in [0.25, 0.3) is 0 Å². The summed E-state index contributed by atoms with van der Waals surface area (Å²) in [4.78, 5) is 10.2. The van der Waals surface area contributed by atoms with Gasteiger partial charge in [0, 0.05) is 0 Å². The van der Waals surface area contributed by atoms with Crippen molar-refractivity contribution in [3.8, 4) is 5.75 Å². The van der Waals surface area contributed by atoms with Gasteiger partial charge >= 0.3 is 5.97 Å². The molecule has 0 bridgehead atoms. The molecular weight excluding hydrogens is 248 g/mol. The van der Waals surface area contributed by atoms with Crippen LogP contribution in [0, 0.1) is 0 Å². The minimum atomic E-state index is -4.07. The summed E-state index contributed by atoms with van der Waals surface area (Å²) in [5.41, 5.74) is -1.97. The minimum absolute atomic E-state index is 0.175. The quantitative estimate of drug-likeness (QED) is 0.787. The van der Waals surface area contributed by atoms with Gasteiger partial charge in [-0.15, -0.1) is 0 Å². The zero-order valence-corrected chi connectivity index (χ0v) is 9.85. The average molecular weight is 260 g/mol. The topological polar surface area (TPSA) is 101 Å². The van der Waals surface area contributed by atoms with Crippen molar-refractivity contribution in [2.24, 2.45) is 0 Å². The molecule has 0 saturated carbocycles. The third-order valence-electron chi connectivity index (χ3n) is 2.08. The number of carboxylic acid groups (broad SMARTS) is 1. The molecule has 7 heteroatoms. The van der Waals surface area contributed by atoms with Crippen molar-refractivity contribution in [2.75, 3.05) is 7.11 Å². The first-order valence-electron chi connectivity index (χ1n) is 4.65. The first-order valence-corrected chi connectivity index (χ1v) is 6.20. The van der Waals surface area contributed by atoms with Crippen LogP contribution in [0.5, 0.6) is 5.75 Å². The second-order valence-corrected chi connectivity index (χ2v) is 5.38. The number of carbonyl (C=O) groups is 1. The van der Waals surface area contributed by atoms with Crippen molar-refractivity contribution in [3.63, 3.8) is 0 Å². The predicted octanol–water partition coefficient (Wildman–Crippen LogP) is 0.262. The number of sulfone groups is 1. The van der Waals surface area contributed by atoms with Crippen LogP contribution in [-0.4, -0.2) is 37.1 Å². The maximum atomic E-state index is 11.8. The number of aliphatic hydroxyl groups excluding tert-OH is 1. The van der Waals surface area contributed by atoms with Crippen LogP contribution >= 0.6 is 0 Å². The second kappa shape index (κ2) is 5.15. The summed E-state index contributed by atoms with van der Waals surface area (Å²) in [6, 6.07) is 5.48. The number of aliphatic carboxylic acids is 1. The predicted molar refractivity (Wildman–Crippen MR) is 58.4 cm³/mol. The number of hydrogen-bond acceptors (Lipinski definition) is 5. The molecule has 1 rings (SSSR count). The Hall–Kier alpha value is -1.60. The summed E-state index contributed by atoms with van der Waals surface area (Å²) in [5, 5.41) is 17.8. The Morgan fingerprint density at radius 3 is 2.65 bits per heavy atom. The van der Waals surface area contributed by atoms with Gasteiger partial charge in [0.05, 0.1) is 18.4 Å². The Bertz CT molecular complexity index is 507. The van der Waals surface area contributed by atoms with Gasteiger partial charge in [-0.05, 0) is 18.2 Å². The van der Waals surface area contributed by atoms with Gasteiger partial charge < -0.3 is 14.9 Å². The third-order valence-corrected chi connectivity index (χ3v) is 3.87. The van der Waals surface area contributed by atoms with Crippen molar-refractivity contribution >= 4 is 15.8 Å². The highest BCUT2D eigenvalue weighted by atomic mass is 32.2. The van der Waals surface area contributed by atoms with Gasteiger partial charge in [-0.1, -0.05) is 6.07 Å². The molecule has 0 radical (unpaired) electrons. The zero-order valence-electron chi connectivity index (χ0n) is 9.03. The largest absolute Gasteiger partial charge is 0.497 e. The van der Waals surface area contributed by atoms with Gasteiger partial charge in [-0.2, -0.15) is 0 Å². The third kappa shape index (κ3) is 3.18. The number of rotatable bonds is 5. The lowest BCUT2D eigenvalue weighted by atomic mass is 10.3. The molecule has 0 fully saturated rings. The fourth-order valence-electron chi connectivity index (χ4n) is 1.19. The summed E-state index contributed by atoms with van der Waals surface area (Å²) >= 11 is 0. The summed E-state index contributed by atoms with van der Waals surface area (Å²) < 4.78 is 28.4. The van der Waals surface area contributed by atoms with E-state index >= 15 is 0 Å². The van der Waals surface area contributed by atoms with Gasteiger partial charge in [0.2, 0.25) is 9.84 Å². The molecule has 6 nitrogen and oxygen atoms in total. The number of benzene rings is 1. The molecule has 17 heavy (non-hydrogen) atoms. The molecule has 0 aliphatic rings. The monoisotopic (exact) mass is 260 g/mol. The average Bonchev–Trinajstić information content (AvgIpc) is 2.28. The van der Waals surface area contributed by atoms with Crippen molar-refractivity contribution in [1.82, 2.24) is 0 Å². The normalized spacial score (nSPS) is 13.1. The van der Waals surface area contributed by atoms with E-state index in [1.807, 2.05) is 0 Å². The second-order valence-electron chi connectivity index (χ2n) is 3.28. The van der Waals surface area contributed by atoms with Crippen LogP contribution in [0.1, 0.15) is 6.42 Å². The maximum absolute atomic E-state index is 11.8. The molecule has 94 valence electrons. The lowest BCUT2D eigenvalue weighted by Gasteiger charge is -2.10. The van der Waals surface area contributed by atoms with Crippen LogP contribution in [-0.2, 0) is 14.6 Å².